The average molecular weight is 360 g/mol. The van der Waals surface area contributed by atoms with E-state index in [1.54, 1.807) is 0 Å². The Morgan fingerprint density at radius 2 is 1.81 bits per heavy atom. The number of hydrogen-bond donors (Lipinski definition) is 0. The second-order valence-corrected chi connectivity index (χ2v) is 7.13. The van der Waals surface area contributed by atoms with Gasteiger partial charge in [0.25, 0.3) is 0 Å². The first-order chi connectivity index (χ1) is 13.2. The van der Waals surface area contributed by atoms with Crippen LogP contribution in [0.2, 0.25) is 0 Å². The van der Waals surface area contributed by atoms with Gasteiger partial charge >= 0.3 is 0 Å². The van der Waals surface area contributed by atoms with E-state index in [1.165, 1.54) is 11.1 Å². The third-order valence-corrected chi connectivity index (χ3v) is 5.00. The number of nitrogens with zero attached hydrogens (tertiary/aromatic N) is 4. The highest BCUT2D eigenvalue weighted by molar-refractivity contribution is 5.78. The van der Waals surface area contributed by atoms with Crippen molar-refractivity contribution in [2.45, 2.75) is 19.5 Å². The number of fused-ring (bicyclic) bond motifs is 1. The molecule has 3 aromatic rings. The monoisotopic (exact) mass is 360 g/mol. The maximum absolute atomic E-state index is 12.7. The number of amides is 1. The van der Waals surface area contributed by atoms with E-state index in [9.17, 15) is 4.79 Å². The minimum absolute atomic E-state index is 0.183. The zero-order valence-electron chi connectivity index (χ0n) is 15.6. The Labute approximate surface area is 159 Å². The Morgan fingerprint density at radius 3 is 2.63 bits per heavy atom. The Hall–Kier alpha value is -2.92. The highest BCUT2D eigenvalue weighted by Crippen LogP contribution is 2.18. The van der Waals surface area contributed by atoms with E-state index in [4.69, 9.17) is 0 Å². The topological polar surface area (TPSA) is 41.4 Å². The zero-order valence-corrected chi connectivity index (χ0v) is 15.6. The van der Waals surface area contributed by atoms with Crippen molar-refractivity contribution in [3.8, 4) is 5.69 Å². The summed E-state index contributed by atoms with van der Waals surface area (Å²) in [5.41, 5.74) is 4.76. The summed E-state index contributed by atoms with van der Waals surface area (Å²) in [5, 5.41) is 4.43. The molecule has 2 heterocycles. The van der Waals surface area contributed by atoms with Crippen LogP contribution < -0.4 is 0 Å². The van der Waals surface area contributed by atoms with Crippen molar-refractivity contribution in [3.63, 3.8) is 0 Å². The van der Waals surface area contributed by atoms with Gasteiger partial charge in [0.05, 0.1) is 18.4 Å². The largest absolute Gasteiger partial charge is 0.337 e. The Kier molecular flexibility index (Phi) is 5.03. The van der Waals surface area contributed by atoms with Crippen molar-refractivity contribution in [1.29, 1.82) is 0 Å². The number of aromatic nitrogens is 2. The molecule has 0 bridgehead atoms. The van der Waals surface area contributed by atoms with Gasteiger partial charge < -0.3 is 4.90 Å². The molecule has 1 aliphatic rings. The lowest BCUT2D eigenvalue weighted by molar-refractivity contribution is -0.133. The molecule has 0 radical (unpaired) electrons. The molecular weight excluding hydrogens is 336 g/mol. The molecule has 4 rings (SSSR count). The van der Waals surface area contributed by atoms with E-state index in [-0.39, 0.29) is 5.91 Å². The molecule has 0 unspecified atom stereocenters. The van der Waals surface area contributed by atoms with Crippen LogP contribution in [0.15, 0.2) is 67.0 Å². The van der Waals surface area contributed by atoms with E-state index >= 15 is 0 Å². The van der Waals surface area contributed by atoms with Crippen LogP contribution in [0.25, 0.3) is 5.69 Å². The predicted octanol–water partition coefficient (Wildman–Crippen LogP) is 2.89. The summed E-state index contributed by atoms with van der Waals surface area (Å²) in [6, 6.07) is 18.4. The quantitative estimate of drug-likeness (QED) is 0.703. The molecule has 1 aliphatic heterocycles. The molecule has 0 N–H and O–H groups in total. The number of para-hydroxylation sites is 1. The third kappa shape index (κ3) is 4.09. The van der Waals surface area contributed by atoms with Gasteiger partial charge in [0.2, 0.25) is 5.91 Å². The summed E-state index contributed by atoms with van der Waals surface area (Å²) in [5.74, 6) is 0.183. The summed E-state index contributed by atoms with van der Waals surface area (Å²) >= 11 is 0. The first kappa shape index (κ1) is 17.5. The number of carbonyl (C=O) groups excluding carboxylic acids is 1. The van der Waals surface area contributed by atoms with Crippen LogP contribution in [-0.4, -0.2) is 45.6 Å². The van der Waals surface area contributed by atoms with Crippen LogP contribution in [0.1, 0.15) is 16.7 Å². The second-order valence-electron chi connectivity index (χ2n) is 7.13. The number of carbonyl (C=O) groups is 1. The summed E-state index contributed by atoms with van der Waals surface area (Å²) in [6.07, 6.45) is 4.83. The highest BCUT2D eigenvalue weighted by Gasteiger charge is 2.21. The van der Waals surface area contributed by atoms with Crippen LogP contribution in [0.3, 0.4) is 0 Å². The lowest BCUT2D eigenvalue weighted by atomic mass is 10.00. The predicted molar refractivity (Wildman–Crippen MR) is 105 cm³/mol. The van der Waals surface area contributed by atoms with Crippen LogP contribution in [0.4, 0.5) is 0 Å². The van der Waals surface area contributed by atoms with Crippen molar-refractivity contribution >= 4 is 5.91 Å². The molecule has 27 heavy (non-hydrogen) atoms. The highest BCUT2D eigenvalue weighted by atomic mass is 16.2. The number of benzene rings is 2. The van der Waals surface area contributed by atoms with E-state index in [0.29, 0.717) is 13.1 Å². The molecule has 0 atom stereocenters. The van der Waals surface area contributed by atoms with Crippen molar-refractivity contribution in [1.82, 2.24) is 19.6 Å². The summed E-state index contributed by atoms with van der Waals surface area (Å²) in [7, 11) is 1.98. The van der Waals surface area contributed by atoms with Gasteiger partial charge in [0.1, 0.15) is 0 Å². The molecule has 0 saturated carbocycles. The smallest absolute Gasteiger partial charge is 0.237 e. The van der Waals surface area contributed by atoms with Gasteiger partial charge in [-0.1, -0.05) is 42.5 Å². The van der Waals surface area contributed by atoms with Crippen molar-refractivity contribution < 1.29 is 4.79 Å². The van der Waals surface area contributed by atoms with Gasteiger partial charge in [-0.25, -0.2) is 4.68 Å². The fourth-order valence-corrected chi connectivity index (χ4v) is 3.57. The molecule has 1 amide bonds. The lowest BCUT2D eigenvalue weighted by Gasteiger charge is -2.30. The van der Waals surface area contributed by atoms with Gasteiger partial charge in [0.15, 0.2) is 0 Å². The minimum atomic E-state index is 0.183. The van der Waals surface area contributed by atoms with Crippen LogP contribution in [-0.2, 0) is 24.3 Å². The first-order valence-corrected chi connectivity index (χ1v) is 9.31. The average Bonchev–Trinajstić information content (AvgIpc) is 3.16. The summed E-state index contributed by atoms with van der Waals surface area (Å²) < 4.78 is 1.87. The molecule has 0 saturated heterocycles. The van der Waals surface area contributed by atoms with Crippen LogP contribution >= 0.6 is 0 Å². The maximum Gasteiger partial charge on any atom is 0.237 e. The Balaban J connectivity index is 1.34. The second kappa shape index (κ2) is 7.76. The summed E-state index contributed by atoms with van der Waals surface area (Å²) in [6.45, 7) is 2.63. The fourth-order valence-electron chi connectivity index (χ4n) is 3.57. The Morgan fingerprint density at radius 1 is 1.07 bits per heavy atom. The zero-order chi connectivity index (χ0) is 18.6. The molecule has 0 aliphatic carbocycles. The number of rotatable bonds is 5. The molecule has 0 spiro atoms. The van der Waals surface area contributed by atoms with E-state index in [2.05, 4.69) is 28.2 Å². The molecule has 0 fully saturated rings. The van der Waals surface area contributed by atoms with Crippen molar-refractivity contribution in [2.75, 3.05) is 20.1 Å². The normalized spacial score (nSPS) is 13.6. The standard InChI is InChI=1S/C22H24N4O/c1-24(14-18-13-23-26(15-18)21-9-3-2-4-10-21)17-22(27)25-12-11-19-7-5-6-8-20(19)16-25/h2-10,13,15H,11-12,14,16-17H2,1H3. The molecule has 2 aromatic carbocycles. The third-order valence-electron chi connectivity index (χ3n) is 5.00. The van der Waals surface area contributed by atoms with Gasteiger partial charge in [-0.3, -0.25) is 9.69 Å². The molecule has 138 valence electrons. The fraction of sp³-hybridized carbons (Fsp3) is 0.273. The molecule has 5 heteroatoms. The van der Waals surface area contributed by atoms with Crippen molar-refractivity contribution in [3.05, 3.63) is 83.7 Å². The van der Waals surface area contributed by atoms with Gasteiger partial charge in [-0.15, -0.1) is 0 Å². The van der Waals surface area contributed by atoms with Crippen LogP contribution in [0.5, 0.6) is 0 Å². The number of likely N-dealkylation sites (N-methyl/N-ethyl adjacent to an activating group) is 1. The molecule has 5 nitrogen and oxygen atoms in total. The Bertz CT molecular complexity index is 919. The van der Waals surface area contributed by atoms with E-state index in [0.717, 1.165) is 30.8 Å². The van der Waals surface area contributed by atoms with E-state index < -0.39 is 0 Å². The van der Waals surface area contributed by atoms with Crippen LogP contribution in [0, 0.1) is 0 Å². The van der Waals surface area contributed by atoms with E-state index in [1.807, 2.05) is 65.4 Å². The summed E-state index contributed by atoms with van der Waals surface area (Å²) in [4.78, 5) is 16.7. The van der Waals surface area contributed by atoms with Gasteiger partial charge in [0, 0.05) is 31.4 Å². The van der Waals surface area contributed by atoms with Crippen molar-refractivity contribution in [2.24, 2.45) is 0 Å². The lowest BCUT2D eigenvalue weighted by Crippen LogP contribution is -2.41. The van der Waals surface area contributed by atoms with Gasteiger partial charge in [-0.2, -0.15) is 5.10 Å². The minimum Gasteiger partial charge on any atom is -0.337 e. The molecule has 1 aromatic heterocycles. The van der Waals surface area contributed by atoms with Gasteiger partial charge in [-0.05, 0) is 36.7 Å². The SMILES string of the molecule is CN(CC(=O)N1CCc2ccccc2C1)Cc1cnn(-c2ccccc2)c1. The maximum atomic E-state index is 12.7. The first-order valence-electron chi connectivity index (χ1n) is 9.31. The number of hydrogen-bond acceptors (Lipinski definition) is 3. The molecular formula is C22H24N4O.